The molecule has 0 unspecified atom stereocenters. The van der Waals surface area contributed by atoms with Crippen LogP contribution in [-0.4, -0.2) is 34.9 Å². The lowest BCUT2D eigenvalue weighted by atomic mass is 10.0. The fourth-order valence-corrected chi connectivity index (χ4v) is 3.14. The molecule has 3 N–H and O–H groups in total. The number of aliphatic carboxylic acids is 1. The predicted octanol–water partition coefficient (Wildman–Crippen LogP) is 1.07. The maximum atomic E-state index is 12.5. The zero-order chi connectivity index (χ0) is 21.0. The van der Waals surface area contributed by atoms with Crippen molar-refractivity contribution in [3.8, 4) is 0 Å². The fraction of sp³-hybridized carbons (Fsp3) is 0.227. The summed E-state index contributed by atoms with van der Waals surface area (Å²) in [5.41, 5.74) is 2.99. The topological polar surface area (TPSA) is 114 Å². The number of carboxylic acids is 1. The molecule has 7 heteroatoms. The second kappa shape index (κ2) is 8.60. The van der Waals surface area contributed by atoms with Gasteiger partial charge in [-0.1, -0.05) is 35.9 Å². The van der Waals surface area contributed by atoms with Gasteiger partial charge in [0.05, 0.1) is 12.0 Å². The Morgan fingerprint density at radius 1 is 1.07 bits per heavy atom. The standard InChI is InChI=1S/C22H23N3O4/c1-13-6-5-7-15(10-13)21(27)24-14(2)20(26)25-19(22(28)29)11-16-12-23-18-9-4-3-8-17(16)18/h3-10,12,14,19,23H,11H2,1-2H3,(H,24,27)(H,25,26)(H,28,29)/p-1/t14-,19-/m1/s1. The molecule has 2 aromatic carbocycles. The maximum Gasteiger partial charge on any atom is 0.251 e. The number of aryl methyl sites for hydroxylation is 1. The molecule has 0 bridgehead atoms. The molecule has 1 heterocycles. The first-order valence-electron chi connectivity index (χ1n) is 9.29. The van der Waals surface area contributed by atoms with Crippen LogP contribution in [0.5, 0.6) is 0 Å². The van der Waals surface area contributed by atoms with E-state index in [-0.39, 0.29) is 6.42 Å². The first kappa shape index (κ1) is 20.1. The van der Waals surface area contributed by atoms with Crippen LogP contribution < -0.4 is 15.7 Å². The van der Waals surface area contributed by atoms with Crippen molar-refractivity contribution in [2.75, 3.05) is 0 Å². The molecule has 3 aromatic rings. The number of fused-ring (bicyclic) bond motifs is 1. The van der Waals surface area contributed by atoms with Crippen LogP contribution in [0.1, 0.15) is 28.4 Å². The van der Waals surface area contributed by atoms with Crippen LogP contribution in [-0.2, 0) is 16.0 Å². The fourth-order valence-electron chi connectivity index (χ4n) is 3.14. The van der Waals surface area contributed by atoms with E-state index in [1.54, 1.807) is 24.4 Å². The van der Waals surface area contributed by atoms with Gasteiger partial charge in [-0.25, -0.2) is 0 Å². The molecule has 29 heavy (non-hydrogen) atoms. The minimum Gasteiger partial charge on any atom is -0.548 e. The third-order valence-corrected chi connectivity index (χ3v) is 4.72. The number of carbonyl (C=O) groups is 3. The molecule has 7 nitrogen and oxygen atoms in total. The molecular formula is C22H22N3O4-. The van der Waals surface area contributed by atoms with Crippen LogP contribution in [0.3, 0.4) is 0 Å². The Morgan fingerprint density at radius 2 is 1.83 bits per heavy atom. The van der Waals surface area contributed by atoms with Crippen molar-refractivity contribution in [3.63, 3.8) is 0 Å². The van der Waals surface area contributed by atoms with E-state index in [4.69, 9.17) is 0 Å². The number of H-pyrrole nitrogens is 1. The number of amides is 2. The van der Waals surface area contributed by atoms with E-state index in [9.17, 15) is 19.5 Å². The molecule has 2 amide bonds. The average molecular weight is 392 g/mol. The molecule has 2 atom stereocenters. The zero-order valence-electron chi connectivity index (χ0n) is 16.2. The molecule has 3 rings (SSSR count). The Bertz CT molecular complexity index is 1060. The smallest absolute Gasteiger partial charge is 0.251 e. The second-order valence-corrected chi connectivity index (χ2v) is 7.01. The van der Waals surface area contributed by atoms with Gasteiger partial charge in [0.1, 0.15) is 6.04 Å². The van der Waals surface area contributed by atoms with Crippen molar-refractivity contribution in [3.05, 3.63) is 71.4 Å². The molecule has 0 saturated heterocycles. The summed E-state index contributed by atoms with van der Waals surface area (Å²) < 4.78 is 0. The van der Waals surface area contributed by atoms with Gasteiger partial charge in [0, 0.05) is 29.1 Å². The molecule has 0 fully saturated rings. The van der Waals surface area contributed by atoms with Gasteiger partial charge in [-0.15, -0.1) is 0 Å². The Kier molecular flexibility index (Phi) is 5.97. The van der Waals surface area contributed by atoms with Crippen molar-refractivity contribution in [1.82, 2.24) is 15.6 Å². The summed E-state index contributed by atoms with van der Waals surface area (Å²) in [5, 5.41) is 17.5. The molecule has 0 aliphatic heterocycles. The number of carbonyl (C=O) groups excluding carboxylic acids is 3. The summed E-state index contributed by atoms with van der Waals surface area (Å²) in [7, 11) is 0. The van der Waals surface area contributed by atoms with Crippen molar-refractivity contribution < 1.29 is 19.5 Å². The summed E-state index contributed by atoms with van der Waals surface area (Å²) in [6.45, 7) is 3.36. The number of carboxylic acid groups (broad SMARTS) is 1. The zero-order valence-corrected chi connectivity index (χ0v) is 16.2. The van der Waals surface area contributed by atoms with Crippen molar-refractivity contribution >= 4 is 28.7 Å². The highest BCUT2D eigenvalue weighted by Crippen LogP contribution is 2.19. The van der Waals surface area contributed by atoms with Gasteiger partial charge in [-0.2, -0.15) is 0 Å². The van der Waals surface area contributed by atoms with Crippen LogP contribution in [0, 0.1) is 6.92 Å². The lowest BCUT2D eigenvalue weighted by molar-refractivity contribution is -0.308. The van der Waals surface area contributed by atoms with Crippen molar-refractivity contribution in [1.29, 1.82) is 0 Å². The van der Waals surface area contributed by atoms with E-state index in [2.05, 4.69) is 15.6 Å². The van der Waals surface area contributed by atoms with E-state index in [1.165, 1.54) is 6.92 Å². The Morgan fingerprint density at radius 3 is 2.55 bits per heavy atom. The molecule has 1 aromatic heterocycles. The normalized spacial score (nSPS) is 12.9. The van der Waals surface area contributed by atoms with Gasteiger partial charge in [0.25, 0.3) is 5.91 Å². The van der Waals surface area contributed by atoms with Gasteiger partial charge >= 0.3 is 0 Å². The third kappa shape index (κ3) is 4.82. The third-order valence-electron chi connectivity index (χ3n) is 4.72. The number of hydrogen-bond acceptors (Lipinski definition) is 4. The summed E-state index contributed by atoms with van der Waals surface area (Å²) in [6, 6.07) is 12.3. The van der Waals surface area contributed by atoms with E-state index in [0.29, 0.717) is 5.56 Å². The molecule has 0 spiro atoms. The van der Waals surface area contributed by atoms with Crippen LogP contribution >= 0.6 is 0 Å². The molecule has 0 aliphatic carbocycles. The van der Waals surface area contributed by atoms with Crippen molar-refractivity contribution in [2.24, 2.45) is 0 Å². The predicted molar refractivity (Wildman–Crippen MR) is 107 cm³/mol. The Labute approximate surface area is 168 Å². The SMILES string of the molecule is Cc1cccc(C(=O)N[C@H](C)C(=O)N[C@H](Cc2c[nH]c3ccccc23)C(=O)[O-])c1. The molecule has 0 aliphatic rings. The number of para-hydroxylation sites is 1. The van der Waals surface area contributed by atoms with Gasteiger partial charge in [0.2, 0.25) is 5.91 Å². The van der Waals surface area contributed by atoms with E-state index < -0.39 is 29.9 Å². The van der Waals surface area contributed by atoms with E-state index in [0.717, 1.165) is 22.0 Å². The van der Waals surface area contributed by atoms with Crippen molar-refractivity contribution in [2.45, 2.75) is 32.4 Å². The van der Waals surface area contributed by atoms with E-state index >= 15 is 0 Å². The molecule has 0 radical (unpaired) electrons. The summed E-state index contributed by atoms with van der Waals surface area (Å²) in [4.78, 5) is 39.4. The largest absolute Gasteiger partial charge is 0.548 e. The Balaban J connectivity index is 1.66. The average Bonchev–Trinajstić information content (AvgIpc) is 3.10. The molecule has 150 valence electrons. The first-order chi connectivity index (χ1) is 13.8. The van der Waals surface area contributed by atoms with Crippen LogP contribution in [0.2, 0.25) is 0 Å². The number of nitrogens with one attached hydrogen (secondary N) is 3. The van der Waals surface area contributed by atoms with E-state index in [1.807, 2.05) is 37.3 Å². The number of rotatable bonds is 7. The summed E-state index contributed by atoms with van der Waals surface area (Å²) >= 11 is 0. The molecule has 0 saturated carbocycles. The van der Waals surface area contributed by atoms with Crippen LogP contribution in [0.4, 0.5) is 0 Å². The Hall–Kier alpha value is -3.61. The number of aromatic amines is 1. The lowest BCUT2D eigenvalue weighted by Crippen LogP contribution is -2.54. The lowest BCUT2D eigenvalue weighted by Gasteiger charge is -2.22. The van der Waals surface area contributed by atoms with Crippen LogP contribution in [0.25, 0.3) is 10.9 Å². The summed E-state index contributed by atoms with van der Waals surface area (Å²) in [5.74, 6) is -2.39. The quantitative estimate of drug-likeness (QED) is 0.558. The number of benzene rings is 2. The molecular weight excluding hydrogens is 370 g/mol. The van der Waals surface area contributed by atoms with Gasteiger partial charge in [-0.3, -0.25) is 9.59 Å². The van der Waals surface area contributed by atoms with Crippen LogP contribution in [0.15, 0.2) is 54.7 Å². The van der Waals surface area contributed by atoms with Gasteiger partial charge < -0.3 is 25.5 Å². The highest BCUT2D eigenvalue weighted by molar-refractivity contribution is 5.98. The highest BCUT2D eigenvalue weighted by atomic mass is 16.4. The first-order valence-corrected chi connectivity index (χ1v) is 9.29. The minimum atomic E-state index is -1.39. The van der Waals surface area contributed by atoms with Gasteiger partial charge in [-0.05, 0) is 37.6 Å². The second-order valence-electron chi connectivity index (χ2n) is 7.01. The highest BCUT2D eigenvalue weighted by Gasteiger charge is 2.21. The number of hydrogen-bond donors (Lipinski definition) is 3. The summed E-state index contributed by atoms with van der Waals surface area (Å²) in [6.07, 6.45) is 1.78. The maximum absolute atomic E-state index is 12.5. The minimum absolute atomic E-state index is 0.0661. The monoisotopic (exact) mass is 392 g/mol. The number of aromatic nitrogens is 1. The van der Waals surface area contributed by atoms with Gasteiger partial charge in [0.15, 0.2) is 0 Å².